The van der Waals surface area contributed by atoms with Crippen LogP contribution >= 0.6 is 0 Å². The van der Waals surface area contributed by atoms with Crippen molar-refractivity contribution in [3.63, 3.8) is 0 Å². The number of rotatable bonds is 5. The van der Waals surface area contributed by atoms with Gasteiger partial charge in [-0.1, -0.05) is 19.4 Å². The van der Waals surface area contributed by atoms with Gasteiger partial charge in [-0.2, -0.15) is 0 Å². The fourth-order valence-corrected chi connectivity index (χ4v) is 3.07. The molecule has 1 heterocycles. The van der Waals surface area contributed by atoms with Gasteiger partial charge in [-0.3, -0.25) is 4.90 Å². The van der Waals surface area contributed by atoms with E-state index in [1.807, 2.05) is 6.07 Å². The number of carboxylic acids is 1. The van der Waals surface area contributed by atoms with Crippen LogP contribution in [0.2, 0.25) is 0 Å². The molecule has 0 aliphatic carbocycles. The zero-order chi connectivity index (χ0) is 15.2. The third kappa shape index (κ3) is 4.21. The number of aromatic carboxylic acids is 1. The normalized spacial score (nSPS) is 20.0. The molecule has 1 aliphatic rings. The molecule has 0 aromatic heterocycles. The summed E-state index contributed by atoms with van der Waals surface area (Å²) >= 11 is 0. The monoisotopic (exact) mass is 291 g/mol. The first-order valence-electron chi connectivity index (χ1n) is 7.76. The van der Waals surface area contributed by atoms with Crippen LogP contribution in [0.3, 0.4) is 0 Å². The molecule has 1 N–H and O–H groups in total. The first-order valence-corrected chi connectivity index (χ1v) is 7.76. The zero-order valence-electron chi connectivity index (χ0n) is 13.0. The summed E-state index contributed by atoms with van der Waals surface area (Å²) in [4.78, 5) is 13.7. The molecule has 0 bridgehead atoms. The molecule has 1 aliphatic heterocycles. The summed E-state index contributed by atoms with van der Waals surface area (Å²) in [6.07, 6.45) is 5.06. The third-order valence-electron chi connectivity index (χ3n) is 4.42. The molecule has 1 unspecified atom stereocenters. The highest BCUT2D eigenvalue weighted by atomic mass is 16.5. The van der Waals surface area contributed by atoms with Gasteiger partial charge in [0.2, 0.25) is 0 Å². The van der Waals surface area contributed by atoms with Crippen LogP contribution < -0.4 is 4.74 Å². The number of likely N-dealkylation sites (tertiary alicyclic amines) is 1. The average molecular weight is 291 g/mol. The summed E-state index contributed by atoms with van der Waals surface area (Å²) in [5, 5.41) is 9.25. The standard InChI is InChI=1S/C17H25NO3/c1-3-13-5-4-9-18(10-8-13)12-14-6-7-16(21-2)15(11-14)17(19)20/h6-7,11,13H,3-5,8-10,12H2,1-2H3,(H,19,20). The van der Waals surface area contributed by atoms with Crippen molar-refractivity contribution in [1.29, 1.82) is 0 Å². The van der Waals surface area contributed by atoms with E-state index in [9.17, 15) is 9.90 Å². The van der Waals surface area contributed by atoms with E-state index >= 15 is 0 Å². The van der Waals surface area contributed by atoms with Crippen molar-refractivity contribution in [3.8, 4) is 5.75 Å². The van der Waals surface area contributed by atoms with Crippen molar-refractivity contribution in [3.05, 3.63) is 29.3 Å². The Kier molecular flexibility index (Phi) is 5.62. The molecule has 4 heteroatoms. The molecule has 1 saturated heterocycles. The Morgan fingerprint density at radius 1 is 1.38 bits per heavy atom. The van der Waals surface area contributed by atoms with E-state index in [1.165, 1.54) is 32.8 Å². The van der Waals surface area contributed by atoms with Gasteiger partial charge in [-0.05, 0) is 56.0 Å². The van der Waals surface area contributed by atoms with E-state index in [2.05, 4.69) is 11.8 Å². The summed E-state index contributed by atoms with van der Waals surface area (Å²) in [5.74, 6) is 0.337. The quantitative estimate of drug-likeness (QED) is 0.903. The van der Waals surface area contributed by atoms with Gasteiger partial charge in [0.25, 0.3) is 0 Å². The maximum Gasteiger partial charge on any atom is 0.339 e. The summed E-state index contributed by atoms with van der Waals surface area (Å²) in [7, 11) is 1.50. The van der Waals surface area contributed by atoms with Gasteiger partial charge >= 0.3 is 5.97 Å². The molecule has 4 nitrogen and oxygen atoms in total. The Hall–Kier alpha value is -1.55. The second kappa shape index (κ2) is 7.46. The van der Waals surface area contributed by atoms with E-state index in [4.69, 9.17) is 4.74 Å². The predicted octanol–water partition coefficient (Wildman–Crippen LogP) is 3.41. The highest BCUT2D eigenvalue weighted by Gasteiger charge is 2.17. The smallest absolute Gasteiger partial charge is 0.339 e. The van der Waals surface area contributed by atoms with E-state index in [0.717, 1.165) is 31.1 Å². The average Bonchev–Trinajstić information content (AvgIpc) is 2.72. The summed E-state index contributed by atoms with van der Waals surface area (Å²) in [6, 6.07) is 5.46. The zero-order valence-corrected chi connectivity index (χ0v) is 13.0. The topological polar surface area (TPSA) is 49.8 Å². The van der Waals surface area contributed by atoms with Crippen LogP contribution in [0.5, 0.6) is 5.75 Å². The van der Waals surface area contributed by atoms with Crippen LogP contribution in [0, 0.1) is 5.92 Å². The lowest BCUT2D eigenvalue weighted by molar-refractivity contribution is 0.0693. The minimum absolute atomic E-state index is 0.247. The van der Waals surface area contributed by atoms with E-state index in [0.29, 0.717) is 5.75 Å². The van der Waals surface area contributed by atoms with Gasteiger partial charge in [0, 0.05) is 6.54 Å². The summed E-state index contributed by atoms with van der Waals surface area (Å²) < 4.78 is 5.11. The van der Waals surface area contributed by atoms with Gasteiger partial charge in [-0.15, -0.1) is 0 Å². The molecule has 116 valence electrons. The predicted molar refractivity (Wildman–Crippen MR) is 82.9 cm³/mol. The van der Waals surface area contributed by atoms with Gasteiger partial charge in [0.15, 0.2) is 0 Å². The third-order valence-corrected chi connectivity index (χ3v) is 4.42. The lowest BCUT2D eigenvalue weighted by Gasteiger charge is -2.20. The molecule has 1 aromatic carbocycles. The Morgan fingerprint density at radius 3 is 2.86 bits per heavy atom. The number of benzene rings is 1. The number of hydrogen-bond acceptors (Lipinski definition) is 3. The largest absolute Gasteiger partial charge is 0.496 e. The van der Waals surface area contributed by atoms with E-state index < -0.39 is 5.97 Å². The Morgan fingerprint density at radius 2 is 2.19 bits per heavy atom. The molecule has 21 heavy (non-hydrogen) atoms. The Balaban J connectivity index is 2.05. The number of carboxylic acid groups (broad SMARTS) is 1. The van der Waals surface area contributed by atoms with Crippen molar-refractivity contribution in [1.82, 2.24) is 4.90 Å². The number of ether oxygens (including phenoxy) is 1. The second-order valence-corrected chi connectivity index (χ2v) is 5.82. The fourth-order valence-electron chi connectivity index (χ4n) is 3.07. The molecule has 1 fully saturated rings. The number of carbonyl (C=O) groups is 1. The fraction of sp³-hybridized carbons (Fsp3) is 0.588. The number of hydrogen-bond donors (Lipinski definition) is 1. The highest BCUT2D eigenvalue weighted by molar-refractivity contribution is 5.91. The van der Waals surface area contributed by atoms with Crippen molar-refractivity contribution in [2.45, 2.75) is 39.2 Å². The van der Waals surface area contributed by atoms with Crippen LogP contribution in [-0.4, -0.2) is 36.2 Å². The first kappa shape index (κ1) is 15.8. The molecule has 0 spiro atoms. The van der Waals surface area contributed by atoms with Crippen molar-refractivity contribution in [2.75, 3.05) is 20.2 Å². The van der Waals surface area contributed by atoms with Gasteiger partial charge in [-0.25, -0.2) is 4.79 Å². The molecule has 0 saturated carbocycles. The van der Waals surface area contributed by atoms with Crippen molar-refractivity contribution >= 4 is 5.97 Å². The lowest BCUT2D eigenvalue weighted by Crippen LogP contribution is -2.24. The van der Waals surface area contributed by atoms with Crippen LogP contribution in [-0.2, 0) is 6.54 Å². The van der Waals surface area contributed by atoms with Crippen LogP contribution in [0.4, 0.5) is 0 Å². The molecule has 1 aromatic rings. The van der Waals surface area contributed by atoms with Crippen LogP contribution in [0.15, 0.2) is 18.2 Å². The number of methoxy groups -OCH3 is 1. The minimum atomic E-state index is -0.935. The van der Waals surface area contributed by atoms with Crippen LogP contribution in [0.1, 0.15) is 48.5 Å². The molecular formula is C17H25NO3. The van der Waals surface area contributed by atoms with E-state index in [-0.39, 0.29) is 5.56 Å². The highest BCUT2D eigenvalue weighted by Crippen LogP contribution is 2.24. The molecule has 0 amide bonds. The molecule has 2 rings (SSSR count). The lowest BCUT2D eigenvalue weighted by atomic mass is 9.98. The van der Waals surface area contributed by atoms with Crippen molar-refractivity contribution in [2.24, 2.45) is 5.92 Å². The maximum absolute atomic E-state index is 11.3. The van der Waals surface area contributed by atoms with E-state index in [1.54, 1.807) is 12.1 Å². The molecular weight excluding hydrogens is 266 g/mol. The van der Waals surface area contributed by atoms with Crippen molar-refractivity contribution < 1.29 is 14.6 Å². The maximum atomic E-state index is 11.3. The summed E-state index contributed by atoms with van der Waals surface area (Å²) in [5.41, 5.74) is 1.29. The first-order chi connectivity index (χ1) is 10.1. The van der Waals surface area contributed by atoms with Crippen LogP contribution in [0.25, 0.3) is 0 Å². The van der Waals surface area contributed by atoms with Gasteiger partial charge < -0.3 is 9.84 Å². The summed E-state index contributed by atoms with van der Waals surface area (Å²) in [6.45, 7) is 5.29. The molecule has 1 atom stereocenters. The molecule has 0 radical (unpaired) electrons. The van der Waals surface area contributed by atoms with Gasteiger partial charge in [0.05, 0.1) is 7.11 Å². The van der Waals surface area contributed by atoms with Gasteiger partial charge in [0.1, 0.15) is 11.3 Å². The Labute approximate surface area is 126 Å². The number of nitrogens with zero attached hydrogens (tertiary/aromatic N) is 1. The minimum Gasteiger partial charge on any atom is -0.496 e. The second-order valence-electron chi connectivity index (χ2n) is 5.82. The Bertz CT molecular complexity index is 487. The SMILES string of the molecule is CCC1CCCN(Cc2ccc(OC)c(C(=O)O)c2)CC1.